The summed E-state index contributed by atoms with van der Waals surface area (Å²) in [5.74, 6) is 0. The Bertz CT molecular complexity index is 408. The number of nitrogens with zero attached hydrogens (tertiary/aromatic N) is 1. The van der Waals surface area contributed by atoms with E-state index in [1.165, 1.54) is 0 Å². The molecule has 118 valence electrons. The van der Waals surface area contributed by atoms with E-state index >= 15 is 0 Å². The van der Waals surface area contributed by atoms with Crippen molar-refractivity contribution in [1.29, 1.82) is 0 Å². The highest BCUT2D eigenvalue weighted by atomic mass is 16.5. The fourth-order valence-corrected chi connectivity index (χ4v) is 2.83. The summed E-state index contributed by atoms with van der Waals surface area (Å²) in [7, 11) is 0. The van der Waals surface area contributed by atoms with Crippen LogP contribution in [0.3, 0.4) is 0 Å². The van der Waals surface area contributed by atoms with Crippen LogP contribution in [0.4, 0.5) is 0 Å². The Hall–Kier alpha value is -0.940. The van der Waals surface area contributed by atoms with Crippen LogP contribution in [-0.4, -0.2) is 42.4 Å². The molecule has 4 heteroatoms. The third kappa shape index (κ3) is 5.08. The van der Waals surface area contributed by atoms with Gasteiger partial charge < -0.3 is 15.6 Å². The zero-order chi connectivity index (χ0) is 15.1. The van der Waals surface area contributed by atoms with Gasteiger partial charge in [0.05, 0.1) is 12.2 Å². The van der Waals surface area contributed by atoms with Gasteiger partial charge in [0.1, 0.15) is 0 Å². The number of β-amino-alcohol motifs (C(OH)–C–C–N with tert-alkyl or cyclic N) is 1. The van der Waals surface area contributed by atoms with Crippen LogP contribution in [0.15, 0.2) is 24.3 Å². The quantitative estimate of drug-likeness (QED) is 0.808. The number of piperidine rings is 1. The number of hydrogen-bond acceptors (Lipinski definition) is 4. The number of nitrogens with two attached hydrogens (primary N) is 1. The molecule has 1 aromatic carbocycles. The van der Waals surface area contributed by atoms with E-state index in [0.29, 0.717) is 19.2 Å². The molecular weight excluding hydrogens is 264 g/mol. The maximum atomic E-state index is 10.4. The van der Waals surface area contributed by atoms with E-state index < -0.39 is 6.10 Å². The van der Waals surface area contributed by atoms with E-state index in [1.54, 1.807) is 0 Å². The van der Waals surface area contributed by atoms with Gasteiger partial charge in [0, 0.05) is 26.2 Å². The average Bonchev–Trinajstić information content (AvgIpc) is 2.53. The van der Waals surface area contributed by atoms with Crippen molar-refractivity contribution in [3.8, 4) is 0 Å². The first-order chi connectivity index (χ1) is 10.2. The van der Waals surface area contributed by atoms with Crippen LogP contribution < -0.4 is 5.73 Å². The lowest BCUT2D eigenvalue weighted by molar-refractivity contribution is -0.0119. The number of rotatable bonds is 7. The maximum Gasteiger partial charge on any atom is 0.0916 e. The number of hydrogen-bond donors (Lipinski definition) is 2. The summed E-state index contributed by atoms with van der Waals surface area (Å²) in [6, 6.07) is 7.92. The lowest BCUT2D eigenvalue weighted by atomic mass is 10.0. The van der Waals surface area contributed by atoms with Crippen molar-refractivity contribution in [2.75, 3.05) is 26.2 Å². The second kappa shape index (κ2) is 8.49. The lowest BCUT2D eigenvalue weighted by Gasteiger charge is -2.33. The van der Waals surface area contributed by atoms with Crippen molar-refractivity contribution in [2.24, 2.45) is 5.73 Å². The molecule has 2 unspecified atom stereocenters. The van der Waals surface area contributed by atoms with Crippen molar-refractivity contribution in [1.82, 2.24) is 4.90 Å². The molecule has 3 N–H and O–H groups in total. The number of benzene rings is 1. The Morgan fingerprint density at radius 1 is 1.38 bits per heavy atom. The van der Waals surface area contributed by atoms with Gasteiger partial charge in [-0.1, -0.05) is 31.2 Å². The molecule has 2 rings (SSSR count). The second-order valence-corrected chi connectivity index (χ2v) is 5.86. The van der Waals surface area contributed by atoms with E-state index in [1.807, 2.05) is 24.3 Å². The molecule has 1 heterocycles. The summed E-state index contributed by atoms with van der Waals surface area (Å²) in [6.07, 6.45) is 3.23. The van der Waals surface area contributed by atoms with Crippen LogP contribution in [0, 0.1) is 0 Å². The normalized spacial score (nSPS) is 21.4. The molecule has 1 fully saturated rings. The molecule has 0 radical (unpaired) electrons. The summed E-state index contributed by atoms with van der Waals surface area (Å²) >= 11 is 0. The molecule has 0 saturated carbocycles. The van der Waals surface area contributed by atoms with Gasteiger partial charge in [-0.15, -0.1) is 0 Å². The average molecular weight is 292 g/mol. The SMILES string of the molecule is CCCOC1CCCN(CC(O)c2ccc(CN)cc2)C1. The number of ether oxygens (including phenoxy) is 1. The zero-order valence-corrected chi connectivity index (χ0v) is 13.0. The van der Waals surface area contributed by atoms with Gasteiger partial charge in [0.25, 0.3) is 0 Å². The van der Waals surface area contributed by atoms with Gasteiger partial charge in [-0.25, -0.2) is 0 Å². The van der Waals surface area contributed by atoms with Crippen molar-refractivity contribution in [3.63, 3.8) is 0 Å². The minimum atomic E-state index is -0.443. The first-order valence-corrected chi connectivity index (χ1v) is 8.03. The van der Waals surface area contributed by atoms with E-state index in [2.05, 4.69) is 11.8 Å². The van der Waals surface area contributed by atoms with Crippen LogP contribution in [0.1, 0.15) is 43.4 Å². The lowest BCUT2D eigenvalue weighted by Crippen LogP contribution is -2.41. The van der Waals surface area contributed by atoms with E-state index in [-0.39, 0.29) is 0 Å². The van der Waals surface area contributed by atoms with Crippen molar-refractivity contribution >= 4 is 0 Å². The van der Waals surface area contributed by atoms with Crippen LogP contribution in [0.2, 0.25) is 0 Å². The third-order valence-corrected chi connectivity index (χ3v) is 4.05. The standard InChI is InChI=1S/C17H28N2O2/c1-2-10-21-16-4-3-9-19(12-16)13-17(20)15-7-5-14(11-18)6-8-15/h5-8,16-17,20H,2-4,9-13,18H2,1H3. The van der Waals surface area contributed by atoms with Crippen LogP contribution in [0.25, 0.3) is 0 Å². The molecule has 1 aliphatic rings. The Kier molecular flexibility index (Phi) is 6.64. The summed E-state index contributed by atoms with van der Waals surface area (Å²) < 4.78 is 5.84. The predicted molar refractivity (Wildman–Crippen MR) is 85.0 cm³/mol. The van der Waals surface area contributed by atoms with Crippen LogP contribution in [-0.2, 0) is 11.3 Å². The second-order valence-electron chi connectivity index (χ2n) is 5.86. The molecule has 1 aromatic rings. The van der Waals surface area contributed by atoms with Crippen LogP contribution >= 0.6 is 0 Å². The van der Waals surface area contributed by atoms with Gasteiger partial charge in [-0.2, -0.15) is 0 Å². The molecule has 1 aliphatic heterocycles. The van der Waals surface area contributed by atoms with E-state index in [4.69, 9.17) is 10.5 Å². The summed E-state index contributed by atoms with van der Waals surface area (Å²) in [5, 5.41) is 10.4. The van der Waals surface area contributed by atoms with Gasteiger partial charge in [-0.3, -0.25) is 4.90 Å². The van der Waals surface area contributed by atoms with Gasteiger partial charge in [0.15, 0.2) is 0 Å². The highest BCUT2D eigenvalue weighted by molar-refractivity contribution is 5.24. The van der Waals surface area contributed by atoms with E-state index in [9.17, 15) is 5.11 Å². The first-order valence-electron chi connectivity index (χ1n) is 8.03. The van der Waals surface area contributed by atoms with Gasteiger partial charge in [0.2, 0.25) is 0 Å². The molecule has 0 spiro atoms. The molecule has 2 atom stereocenters. The van der Waals surface area contributed by atoms with Crippen LogP contribution in [0.5, 0.6) is 0 Å². The molecule has 0 amide bonds. The Morgan fingerprint density at radius 3 is 2.81 bits per heavy atom. The molecule has 0 aliphatic carbocycles. The molecular formula is C17H28N2O2. The highest BCUT2D eigenvalue weighted by Gasteiger charge is 2.22. The Labute approximate surface area is 127 Å². The Morgan fingerprint density at radius 2 is 2.14 bits per heavy atom. The third-order valence-electron chi connectivity index (χ3n) is 4.05. The van der Waals surface area contributed by atoms with Gasteiger partial charge >= 0.3 is 0 Å². The highest BCUT2D eigenvalue weighted by Crippen LogP contribution is 2.19. The van der Waals surface area contributed by atoms with Crippen molar-refractivity contribution < 1.29 is 9.84 Å². The fraction of sp³-hybridized carbons (Fsp3) is 0.647. The predicted octanol–water partition coefficient (Wildman–Crippen LogP) is 2.07. The molecule has 0 aromatic heterocycles. The zero-order valence-electron chi connectivity index (χ0n) is 13.0. The molecule has 21 heavy (non-hydrogen) atoms. The summed E-state index contributed by atoms with van der Waals surface area (Å²) in [5.41, 5.74) is 7.65. The summed E-state index contributed by atoms with van der Waals surface area (Å²) in [6.45, 7) is 6.16. The fourth-order valence-electron chi connectivity index (χ4n) is 2.83. The first kappa shape index (κ1) is 16.4. The van der Waals surface area contributed by atoms with Gasteiger partial charge in [-0.05, 0) is 36.9 Å². The minimum Gasteiger partial charge on any atom is -0.387 e. The number of aliphatic hydroxyl groups excluding tert-OH is 1. The molecule has 1 saturated heterocycles. The van der Waals surface area contributed by atoms with Crippen molar-refractivity contribution in [2.45, 2.75) is 44.9 Å². The maximum absolute atomic E-state index is 10.4. The topological polar surface area (TPSA) is 58.7 Å². The van der Waals surface area contributed by atoms with Crippen molar-refractivity contribution in [3.05, 3.63) is 35.4 Å². The molecule has 4 nitrogen and oxygen atoms in total. The Balaban J connectivity index is 1.84. The molecule has 0 bridgehead atoms. The largest absolute Gasteiger partial charge is 0.387 e. The number of likely N-dealkylation sites (tertiary alicyclic amines) is 1. The smallest absolute Gasteiger partial charge is 0.0916 e. The summed E-state index contributed by atoms with van der Waals surface area (Å²) in [4.78, 5) is 2.31. The minimum absolute atomic E-state index is 0.325. The monoisotopic (exact) mass is 292 g/mol. The van der Waals surface area contributed by atoms with E-state index in [0.717, 1.165) is 50.1 Å². The number of aliphatic hydroxyl groups is 1.